The molecule has 0 aliphatic rings. The van der Waals surface area contributed by atoms with E-state index < -0.39 is 29.4 Å². The van der Waals surface area contributed by atoms with E-state index in [1.54, 1.807) is 0 Å². The Kier molecular flexibility index (Phi) is 5.56. The number of methoxy groups -OCH3 is 1. The number of nitrogens with zero attached hydrogens (tertiary/aromatic N) is 1. The molecule has 120 valence electrons. The Morgan fingerprint density at radius 1 is 1.36 bits per heavy atom. The van der Waals surface area contributed by atoms with Gasteiger partial charge in [-0.3, -0.25) is 4.79 Å². The van der Waals surface area contributed by atoms with Crippen molar-refractivity contribution < 1.29 is 32.6 Å². The van der Waals surface area contributed by atoms with Gasteiger partial charge in [0.1, 0.15) is 0 Å². The van der Waals surface area contributed by atoms with Crippen molar-refractivity contribution >= 4 is 11.9 Å². The molecule has 0 bridgehead atoms. The van der Waals surface area contributed by atoms with E-state index >= 15 is 0 Å². The Labute approximate surface area is 124 Å². The fraction of sp³-hybridized carbons (Fsp3) is 0.286. The molecule has 0 aliphatic carbocycles. The molecule has 5 nitrogen and oxygen atoms in total. The molecule has 0 saturated carbocycles. The molecule has 1 N–H and O–H groups in total. The van der Waals surface area contributed by atoms with Gasteiger partial charge in [-0.2, -0.15) is 13.2 Å². The number of carbonyl (C=O) groups is 2. The molecule has 1 aromatic carbocycles. The minimum absolute atomic E-state index is 0.117. The number of hydrogen-bond donors (Lipinski definition) is 1. The fourth-order valence-electron chi connectivity index (χ4n) is 1.59. The van der Waals surface area contributed by atoms with Crippen LogP contribution in [0.15, 0.2) is 36.1 Å². The average molecular weight is 317 g/mol. The maximum absolute atomic E-state index is 12.6. The normalized spacial score (nSPS) is 12.0. The fourth-order valence-corrected chi connectivity index (χ4v) is 1.59. The topological polar surface area (TPSA) is 66.8 Å². The van der Waals surface area contributed by atoms with E-state index in [2.05, 4.69) is 4.74 Å². The summed E-state index contributed by atoms with van der Waals surface area (Å²) in [6.45, 7) is -0.117. The molecule has 0 unspecified atom stereocenters. The minimum atomic E-state index is -4.47. The second kappa shape index (κ2) is 6.97. The summed E-state index contributed by atoms with van der Waals surface area (Å²) in [7, 11) is 2.35. The molecular formula is C14H14F3NO4. The van der Waals surface area contributed by atoms with Gasteiger partial charge in [-0.05, 0) is 17.7 Å². The maximum atomic E-state index is 12.6. The number of benzene rings is 1. The zero-order valence-corrected chi connectivity index (χ0v) is 11.8. The molecule has 0 heterocycles. The molecule has 22 heavy (non-hydrogen) atoms. The third kappa shape index (κ3) is 4.80. The van der Waals surface area contributed by atoms with Crippen LogP contribution in [0.25, 0.3) is 0 Å². The summed E-state index contributed by atoms with van der Waals surface area (Å²) in [4.78, 5) is 23.7. The summed E-state index contributed by atoms with van der Waals surface area (Å²) in [5, 5.41) is 9.24. The lowest BCUT2D eigenvalue weighted by Gasteiger charge is -2.16. The molecule has 1 amide bonds. The first-order valence-corrected chi connectivity index (χ1v) is 6.05. The Hall–Kier alpha value is -2.51. The molecular weight excluding hydrogens is 303 g/mol. The Balaban J connectivity index is 2.83. The second-order valence-electron chi connectivity index (χ2n) is 4.41. The molecule has 0 fully saturated rings. The standard InChI is InChI=1S/C14H14F3NO4/c1-18(12(20)7-11(19)13(21)22-2)8-9-4-3-5-10(6-9)14(15,16)17/h3-7,19H,8H2,1-2H3. The molecule has 0 saturated heterocycles. The molecule has 0 spiro atoms. The van der Waals surface area contributed by atoms with Gasteiger partial charge in [0.25, 0.3) is 5.91 Å². The average Bonchev–Trinajstić information content (AvgIpc) is 2.45. The van der Waals surface area contributed by atoms with Crippen LogP contribution >= 0.6 is 0 Å². The third-order valence-electron chi connectivity index (χ3n) is 2.71. The lowest BCUT2D eigenvalue weighted by molar-refractivity contribution is -0.140. The van der Waals surface area contributed by atoms with E-state index in [0.29, 0.717) is 6.08 Å². The minimum Gasteiger partial charge on any atom is -0.502 e. The van der Waals surface area contributed by atoms with Crippen molar-refractivity contribution in [2.75, 3.05) is 14.2 Å². The molecule has 1 aromatic rings. The second-order valence-corrected chi connectivity index (χ2v) is 4.41. The zero-order valence-electron chi connectivity index (χ0n) is 11.8. The number of amides is 1. The summed E-state index contributed by atoms with van der Waals surface area (Å²) in [6, 6.07) is 4.52. The SMILES string of the molecule is COC(=O)C(O)=CC(=O)N(C)Cc1cccc(C(F)(F)F)c1. The van der Waals surface area contributed by atoms with Crippen LogP contribution in [0.3, 0.4) is 0 Å². The predicted molar refractivity (Wildman–Crippen MR) is 70.6 cm³/mol. The van der Waals surface area contributed by atoms with Crippen LogP contribution in [0.2, 0.25) is 0 Å². The van der Waals surface area contributed by atoms with Crippen LogP contribution in [-0.2, 0) is 27.0 Å². The Morgan fingerprint density at radius 3 is 2.55 bits per heavy atom. The van der Waals surface area contributed by atoms with Crippen molar-refractivity contribution in [1.29, 1.82) is 0 Å². The summed E-state index contributed by atoms with van der Waals surface area (Å²) in [5.41, 5.74) is -0.560. The lowest BCUT2D eigenvalue weighted by atomic mass is 10.1. The number of alkyl halides is 3. The number of ether oxygens (including phenoxy) is 1. The van der Waals surface area contributed by atoms with Crippen molar-refractivity contribution in [2.45, 2.75) is 12.7 Å². The van der Waals surface area contributed by atoms with E-state index in [4.69, 9.17) is 0 Å². The predicted octanol–water partition coefficient (Wildman–Crippen LogP) is 2.28. The molecule has 1 rings (SSSR count). The van der Waals surface area contributed by atoms with Crippen molar-refractivity contribution in [1.82, 2.24) is 4.90 Å². The number of halogens is 3. The largest absolute Gasteiger partial charge is 0.502 e. The molecule has 0 aliphatic heterocycles. The van der Waals surface area contributed by atoms with Gasteiger partial charge in [-0.15, -0.1) is 0 Å². The number of esters is 1. The van der Waals surface area contributed by atoms with Crippen LogP contribution < -0.4 is 0 Å². The van der Waals surface area contributed by atoms with Gasteiger partial charge in [-0.1, -0.05) is 12.1 Å². The van der Waals surface area contributed by atoms with E-state index in [1.165, 1.54) is 19.2 Å². The summed E-state index contributed by atoms with van der Waals surface area (Å²) >= 11 is 0. The molecule has 0 aromatic heterocycles. The number of aliphatic hydroxyl groups excluding tert-OH is 1. The maximum Gasteiger partial charge on any atom is 0.416 e. The van der Waals surface area contributed by atoms with Crippen LogP contribution in [0, 0.1) is 0 Å². The first-order valence-electron chi connectivity index (χ1n) is 6.05. The number of hydrogen-bond acceptors (Lipinski definition) is 4. The van der Waals surface area contributed by atoms with Crippen LogP contribution in [0.1, 0.15) is 11.1 Å². The van der Waals surface area contributed by atoms with E-state index in [1.807, 2.05) is 0 Å². The number of rotatable bonds is 4. The van der Waals surface area contributed by atoms with Crippen molar-refractivity contribution in [2.24, 2.45) is 0 Å². The Morgan fingerprint density at radius 2 is 2.00 bits per heavy atom. The van der Waals surface area contributed by atoms with Crippen LogP contribution in [0.4, 0.5) is 13.2 Å². The smallest absolute Gasteiger partial charge is 0.416 e. The number of aliphatic hydroxyl groups is 1. The summed E-state index contributed by atoms with van der Waals surface area (Å²) in [5.74, 6) is -2.72. The van der Waals surface area contributed by atoms with Gasteiger partial charge < -0.3 is 14.7 Å². The highest BCUT2D eigenvalue weighted by Gasteiger charge is 2.30. The van der Waals surface area contributed by atoms with E-state index in [-0.39, 0.29) is 12.1 Å². The van der Waals surface area contributed by atoms with Crippen molar-refractivity contribution in [3.05, 3.63) is 47.2 Å². The monoisotopic (exact) mass is 317 g/mol. The van der Waals surface area contributed by atoms with Gasteiger partial charge >= 0.3 is 12.1 Å². The van der Waals surface area contributed by atoms with E-state index in [0.717, 1.165) is 24.1 Å². The van der Waals surface area contributed by atoms with Crippen LogP contribution in [0.5, 0.6) is 0 Å². The van der Waals surface area contributed by atoms with Crippen LogP contribution in [-0.4, -0.2) is 36.0 Å². The first kappa shape index (κ1) is 17.5. The van der Waals surface area contributed by atoms with Crippen molar-refractivity contribution in [3.8, 4) is 0 Å². The summed E-state index contributed by atoms with van der Waals surface area (Å²) in [6.07, 6.45) is -3.83. The van der Waals surface area contributed by atoms with Gasteiger partial charge in [0.2, 0.25) is 5.76 Å². The van der Waals surface area contributed by atoms with Gasteiger partial charge in [0, 0.05) is 13.6 Å². The quantitative estimate of drug-likeness (QED) is 0.525. The van der Waals surface area contributed by atoms with Gasteiger partial charge in [0.05, 0.1) is 18.7 Å². The first-order chi connectivity index (χ1) is 10.1. The lowest BCUT2D eigenvalue weighted by Crippen LogP contribution is -2.25. The van der Waals surface area contributed by atoms with Crippen molar-refractivity contribution in [3.63, 3.8) is 0 Å². The molecule has 0 radical (unpaired) electrons. The van der Waals surface area contributed by atoms with Gasteiger partial charge in [0.15, 0.2) is 0 Å². The summed E-state index contributed by atoms with van der Waals surface area (Å²) < 4.78 is 42.0. The highest BCUT2D eigenvalue weighted by Crippen LogP contribution is 2.29. The Bertz CT molecular complexity index is 596. The molecule has 8 heteroatoms. The highest BCUT2D eigenvalue weighted by molar-refractivity contribution is 5.96. The highest BCUT2D eigenvalue weighted by atomic mass is 19.4. The third-order valence-corrected chi connectivity index (χ3v) is 2.71. The number of likely N-dealkylation sites (N-methyl/N-ethyl adjacent to an activating group) is 1. The number of carbonyl (C=O) groups excluding carboxylic acids is 2. The van der Waals surface area contributed by atoms with Gasteiger partial charge in [-0.25, -0.2) is 4.79 Å². The molecule has 0 atom stereocenters. The van der Waals surface area contributed by atoms with E-state index in [9.17, 15) is 27.9 Å². The zero-order chi connectivity index (χ0) is 16.9.